The number of carbonyl (C=O) groups excluding carboxylic acids is 1. The summed E-state index contributed by atoms with van der Waals surface area (Å²) in [5, 5.41) is 0.545. The van der Waals surface area contributed by atoms with Crippen LogP contribution in [0.15, 0.2) is 30.5 Å². The largest absolute Gasteiger partial charge is 0.280 e. The molecule has 3 rings (SSSR count). The number of nitrogens with zero attached hydrogens (tertiary/aromatic N) is 3. The van der Waals surface area contributed by atoms with Crippen molar-refractivity contribution in [3.8, 4) is 0 Å². The average molecular weight is 474 g/mol. The summed E-state index contributed by atoms with van der Waals surface area (Å²) in [4.78, 5) is 25.2. The Balaban J connectivity index is 1.83. The Labute approximate surface area is 161 Å². The lowest BCUT2D eigenvalue weighted by Gasteiger charge is -2.12. The molecule has 0 atom stereocenters. The van der Waals surface area contributed by atoms with Gasteiger partial charge in [-0.1, -0.05) is 23.2 Å². The van der Waals surface area contributed by atoms with Crippen LogP contribution in [0.1, 0.15) is 16.1 Å². The second-order valence-electron chi connectivity index (χ2n) is 4.83. The molecule has 0 fully saturated rings. The topological polar surface area (TPSA) is 79.8 Å². The number of pyridine rings is 1. The molecule has 0 aliphatic carbocycles. The summed E-state index contributed by atoms with van der Waals surface area (Å²) < 4.78 is 0.842. The normalized spacial score (nSPS) is 10.7. The Kier molecular flexibility index (Phi) is 5.02. The van der Waals surface area contributed by atoms with Crippen LogP contribution in [0.3, 0.4) is 0 Å². The molecule has 0 unspecified atom stereocenters. The van der Waals surface area contributed by atoms with Gasteiger partial charge in [0.2, 0.25) is 0 Å². The molecule has 122 valence electrons. The van der Waals surface area contributed by atoms with Gasteiger partial charge in [0, 0.05) is 9.77 Å². The lowest BCUT2D eigenvalue weighted by molar-refractivity contribution is 0.0963. The number of benzene rings is 1. The fourth-order valence-electron chi connectivity index (χ4n) is 2.04. The highest BCUT2D eigenvalue weighted by Gasteiger charge is 2.16. The van der Waals surface area contributed by atoms with E-state index in [1.807, 2.05) is 6.07 Å². The lowest BCUT2D eigenvalue weighted by Crippen LogP contribution is -2.31. The molecule has 9 heteroatoms. The number of amides is 1. The highest BCUT2D eigenvalue weighted by Crippen LogP contribution is 2.27. The standard InChI is InChI=1S/C15H10Cl2IN5O/c1-7-13(21-14-11(20-7)3-2-4-19-14)22-23-15(24)12-9(16)5-8(18)6-10(12)17/h2-6H,1H3,(H,23,24)(H,19,21,22). The van der Waals surface area contributed by atoms with Crippen LogP contribution in [0.2, 0.25) is 10.0 Å². The van der Waals surface area contributed by atoms with Crippen molar-refractivity contribution in [2.24, 2.45) is 0 Å². The Hall–Kier alpha value is -1.71. The molecule has 3 aromatic rings. The van der Waals surface area contributed by atoms with E-state index in [0.717, 1.165) is 3.57 Å². The van der Waals surface area contributed by atoms with Gasteiger partial charge < -0.3 is 0 Å². The first-order chi connectivity index (χ1) is 11.5. The van der Waals surface area contributed by atoms with E-state index in [4.69, 9.17) is 23.2 Å². The molecule has 2 N–H and O–H groups in total. The van der Waals surface area contributed by atoms with Gasteiger partial charge in [0.1, 0.15) is 5.52 Å². The van der Waals surface area contributed by atoms with E-state index >= 15 is 0 Å². The third-order valence-corrected chi connectivity index (χ3v) is 4.36. The van der Waals surface area contributed by atoms with Gasteiger partial charge in [-0.05, 0) is 53.8 Å². The van der Waals surface area contributed by atoms with Crippen LogP contribution in [0.25, 0.3) is 11.2 Å². The van der Waals surface area contributed by atoms with E-state index in [-0.39, 0.29) is 15.6 Å². The molecule has 0 aliphatic heterocycles. The maximum atomic E-state index is 12.3. The Morgan fingerprint density at radius 1 is 1.21 bits per heavy atom. The summed E-state index contributed by atoms with van der Waals surface area (Å²) >= 11 is 14.3. The molecule has 1 amide bonds. The molecule has 0 aliphatic rings. The zero-order valence-electron chi connectivity index (χ0n) is 12.3. The van der Waals surface area contributed by atoms with Crippen molar-refractivity contribution < 1.29 is 4.79 Å². The fraction of sp³-hybridized carbons (Fsp3) is 0.0667. The molecular formula is C15H10Cl2IN5O. The number of rotatable bonds is 3. The first-order valence-corrected chi connectivity index (χ1v) is 8.59. The van der Waals surface area contributed by atoms with Gasteiger partial charge in [-0.15, -0.1) is 0 Å². The van der Waals surface area contributed by atoms with E-state index in [2.05, 4.69) is 48.4 Å². The van der Waals surface area contributed by atoms with Gasteiger partial charge in [0.05, 0.1) is 21.3 Å². The summed E-state index contributed by atoms with van der Waals surface area (Å²) in [7, 11) is 0. The number of hydrazine groups is 1. The van der Waals surface area contributed by atoms with Crippen molar-refractivity contribution in [2.45, 2.75) is 6.92 Å². The molecule has 0 saturated heterocycles. The molecule has 0 bridgehead atoms. The quantitative estimate of drug-likeness (QED) is 0.444. The van der Waals surface area contributed by atoms with Gasteiger partial charge in [-0.2, -0.15) is 0 Å². The number of aryl methyl sites for hydroxylation is 1. The Bertz CT molecular complexity index is 927. The summed E-state index contributed by atoms with van der Waals surface area (Å²) in [5.41, 5.74) is 7.24. The van der Waals surface area contributed by atoms with E-state index in [1.165, 1.54) is 0 Å². The summed E-state index contributed by atoms with van der Waals surface area (Å²) in [6.45, 7) is 1.78. The molecular weight excluding hydrogens is 464 g/mol. The van der Waals surface area contributed by atoms with Crippen LogP contribution in [0.5, 0.6) is 0 Å². The van der Waals surface area contributed by atoms with E-state index in [9.17, 15) is 4.79 Å². The van der Waals surface area contributed by atoms with E-state index in [0.29, 0.717) is 22.7 Å². The third kappa shape index (κ3) is 3.52. The van der Waals surface area contributed by atoms with Crippen molar-refractivity contribution in [2.75, 3.05) is 5.43 Å². The second-order valence-corrected chi connectivity index (χ2v) is 6.89. The van der Waals surface area contributed by atoms with Crippen molar-refractivity contribution in [3.05, 3.63) is 55.3 Å². The number of carbonyl (C=O) groups is 1. The van der Waals surface area contributed by atoms with Gasteiger partial charge >= 0.3 is 0 Å². The van der Waals surface area contributed by atoms with Crippen molar-refractivity contribution in [3.63, 3.8) is 0 Å². The van der Waals surface area contributed by atoms with Crippen LogP contribution in [0, 0.1) is 10.5 Å². The van der Waals surface area contributed by atoms with Crippen LogP contribution >= 0.6 is 45.8 Å². The summed E-state index contributed by atoms with van der Waals surface area (Å²) in [6.07, 6.45) is 1.62. The minimum Gasteiger partial charge on any atom is -0.280 e. The summed E-state index contributed by atoms with van der Waals surface area (Å²) in [6, 6.07) is 6.92. The minimum atomic E-state index is -0.469. The number of nitrogens with one attached hydrogen (secondary N) is 2. The first kappa shape index (κ1) is 17.1. The molecule has 6 nitrogen and oxygen atoms in total. The molecule has 0 radical (unpaired) electrons. The van der Waals surface area contributed by atoms with Crippen molar-refractivity contribution >= 4 is 68.7 Å². The van der Waals surface area contributed by atoms with Gasteiger partial charge in [-0.3, -0.25) is 15.6 Å². The number of anilines is 1. The maximum Gasteiger partial charge on any atom is 0.272 e. The highest BCUT2D eigenvalue weighted by atomic mass is 127. The maximum absolute atomic E-state index is 12.3. The second kappa shape index (κ2) is 7.04. The van der Waals surface area contributed by atoms with Gasteiger partial charge in [0.25, 0.3) is 5.91 Å². The highest BCUT2D eigenvalue weighted by molar-refractivity contribution is 14.1. The molecule has 1 aromatic carbocycles. The fourth-order valence-corrected chi connectivity index (χ4v) is 3.69. The van der Waals surface area contributed by atoms with Crippen LogP contribution in [-0.2, 0) is 0 Å². The summed E-state index contributed by atoms with van der Waals surface area (Å²) in [5.74, 6) is -0.0731. The monoisotopic (exact) mass is 473 g/mol. The number of fused-ring (bicyclic) bond motifs is 1. The predicted octanol–water partition coefficient (Wildman–Crippen LogP) is 4.00. The van der Waals surface area contributed by atoms with Crippen molar-refractivity contribution in [1.29, 1.82) is 0 Å². The van der Waals surface area contributed by atoms with E-state index < -0.39 is 5.91 Å². The first-order valence-electron chi connectivity index (χ1n) is 6.76. The van der Waals surface area contributed by atoms with E-state index in [1.54, 1.807) is 31.3 Å². The number of halogens is 3. The molecule has 2 aromatic heterocycles. The number of aromatic nitrogens is 3. The van der Waals surface area contributed by atoms with Crippen LogP contribution in [-0.4, -0.2) is 20.9 Å². The van der Waals surface area contributed by atoms with Gasteiger partial charge in [-0.25, -0.2) is 15.0 Å². The van der Waals surface area contributed by atoms with Crippen molar-refractivity contribution in [1.82, 2.24) is 20.4 Å². The molecule has 2 heterocycles. The number of hydrogen-bond acceptors (Lipinski definition) is 5. The van der Waals surface area contributed by atoms with Crippen LogP contribution < -0.4 is 10.9 Å². The Morgan fingerprint density at radius 2 is 1.92 bits per heavy atom. The zero-order chi connectivity index (χ0) is 17.3. The van der Waals surface area contributed by atoms with Gasteiger partial charge in [0.15, 0.2) is 11.5 Å². The molecule has 0 saturated carbocycles. The predicted molar refractivity (Wildman–Crippen MR) is 102 cm³/mol. The smallest absolute Gasteiger partial charge is 0.272 e. The molecule has 24 heavy (non-hydrogen) atoms. The lowest BCUT2D eigenvalue weighted by atomic mass is 10.2. The van der Waals surface area contributed by atoms with Crippen LogP contribution in [0.4, 0.5) is 5.82 Å². The SMILES string of the molecule is Cc1nc2cccnc2nc1NNC(=O)c1c(Cl)cc(I)cc1Cl. The number of hydrogen-bond donors (Lipinski definition) is 2. The Morgan fingerprint density at radius 3 is 2.62 bits per heavy atom. The average Bonchev–Trinajstić information content (AvgIpc) is 2.51. The molecule has 0 spiro atoms. The minimum absolute atomic E-state index is 0.191. The third-order valence-electron chi connectivity index (χ3n) is 3.14. The zero-order valence-corrected chi connectivity index (χ0v) is 15.9.